The molecule has 1 aliphatic heterocycles. The third-order valence-corrected chi connectivity index (χ3v) is 1.63. The summed E-state index contributed by atoms with van der Waals surface area (Å²) in [6.07, 6.45) is 0.781. The zero-order valence-electron chi connectivity index (χ0n) is 6.18. The fourth-order valence-electron chi connectivity index (χ4n) is 1.13. The summed E-state index contributed by atoms with van der Waals surface area (Å²) in [5.41, 5.74) is 0.830. The van der Waals surface area contributed by atoms with Gasteiger partial charge in [-0.2, -0.15) is 5.26 Å². The van der Waals surface area contributed by atoms with E-state index in [9.17, 15) is 0 Å². The van der Waals surface area contributed by atoms with E-state index in [1.807, 2.05) is 6.92 Å². The molecule has 0 spiro atoms. The minimum absolute atomic E-state index is 0.230. The highest BCUT2D eigenvalue weighted by Gasteiger charge is 2.38. The molecule has 2 nitrogen and oxygen atoms in total. The van der Waals surface area contributed by atoms with Gasteiger partial charge in [0.25, 0.3) is 0 Å². The van der Waals surface area contributed by atoms with E-state index in [2.05, 4.69) is 12.6 Å². The lowest BCUT2D eigenvalue weighted by atomic mass is 9.82. The van der Waals surface area contributed by atoms with Gasteiger partial charge in [-0.3, -0.25) is 0 Å². The minimum atomic E-state index is -0.230. The molecule has 54 valence electrons. The van der Waals surface area contributed by atoms with Crippen molar-refractivity contribution in [1.82, 2.24) is 0 Å². The molecule has 0 aliphatic carbocycles. The van der Waals surface area contributed by atoms with Crippen molar-refractivity contribution >= 4 is 0 Å². The zero-order chi connectivity index (χ0) is 7.61. The molecule has 0 unspecified atom stereocenters. The second kappa shape index (κ2) is 2.43. The molecule has 1 heterocycles. The van der Waals surface area contributed by atoms with Crippen molar-refractivity contribution in [2.24, 2.45) is 5.41 Å². The number of ether oxygens (including phenoxy) is 1. The lowest BCUT2D eigenvalue weighted by Crippen LogP contribution is -2.41. The first-order valence-corrected chi connectivity index (χ1v) is 3.32. The largest absolute Gasteiger partial charge is 0.378 e. The van der Waals surface area contributed by atoms with Crippen molar-refractivity contribution in [3.05, 3.63) is 12.2 Å². The molecule has 1 rings (SSSR count). The van der Waals surface area contributed by atoms with Crippen molar-refractivity contribution in [3.8, 4) is 6.07 Å². The average Bonchev–Trinajstić information content (AvgIpc) is 1.78. The molecule has 0 bridgehead atoms. The summed E-state index contributed by atoms with van der Waals surface area (Å²) in [6.45, 7) is 6.86. The Hall–Kier alpha value is -0.810. The second-order valence-corrected chi connectivity index (χ2v) is 3.02. The maximum atomic E-state index is 8.71. The van der Waals surface area contributed by atoms with Gasteiger partial charge in [-0.25, -0.2) is 0 Å². The molecule has 0 N–H and O–H groups in total. The maximum Gasteiger partial charge on any atom is 0.107 e. The molecule has 10 heavy (non-hydrogen) atoms. The molecular weight excluding hydrogens is 126 g/mol. The van der Waals surface area contributed by atoms with Crippen LogP contribution >= 0.6 is 0 Å². The summed E-state index contributed by atoms with van der Waals surface area (Å²) in [7, 11) is 0. The van der Waals surface area contributed by atoms with E-state index in [1.165, 1.54) is 0 Å². The Kier molecular flexibility index (Phi) is 1.78. The van der Waals surface area contributed by atoms with E-state index in [1.54, 1.807) is 0 Å². The van der Waals surface area contributed by atoms with Crippen LogP contribution in [0.3, 0.4) is 0 Å². The summed E-state index contributed by atoms with van der Waals surface area (Å²) in [5.74, 6) is 0. The first kappa shape index (κ1) is 7.30. The second-order valence-electron chi connectivity index (χ2n) is 3.02. The highest BCUT2D eigenvalue weighted by molar-refractivity contribution is 5.10. The van der Waals surface area contributed by atoms with Crippen LogP contribution in [0.4, 0.5) is 0 Å². The van der Waals surface area contributed by atoms with Gasteiger partial charge >= 0.3 is 0 Å². The van der Waals surface area contributed by atoms with Gasteiger partial charge in [-0.1, -0.05) is 5.57 Å². The van der Waals surface area contributed by atoms with Gasteiger partial charge in [-0.15, -0.1) is 6.58 Å². The summed E-state index contributed by atoms with van der Waals surface area (Å²) in [6, 6.07) is 2.26. The normalized spacial score (nSPS) is 20.8. The molecule has 0 aromatic heterocycles. The predicted molar refractivity (Wildman–Crippen MR) is 38.3 cm³/mol. The third kappa shape index (κ3) is 1.19. The number of rotatable bonds is 2. The van der Waals surface area contributed by atoms with Crippen LogP contribution in [0, 0.1) is 16.7 Å². The Morgan fingerprint density at radius 3 is 2.50 bits per heavy atom. The van der Waals surface area contributed by atoms with Crippen LogP contribution in [-0.4, -0.2) is 13.2 Å². The van der Waals surface area contributed by atoms with Gasteiger partial charge in [-0.05, 0) is 13.3 Å². The van der Waals surface area contributed by atoms with E-state index in [0.29, 0.717) is 13.2 Å². The number of nitrogens with zero attached hydrogens (tertiary/aromatic N) is 1. The fraction of sp³-hybridized carbons (Fsp3) is 0.625. The smallest absolute Gasteiger partial charge is 0.107 e. The Labute approximate surface area is 61.1 Å². The van der Waals surface area contributed by atoms with Gasteiger partial charge in [0.2, 0.25) is 0 Å². The van der Waals surface area contributed by atoms with E-state index in [-0.39, 0.29) is 5.41 Å². The molecule has 0 aromatic rings. The van der Waals surface area contributed by atoms with E-state index in [0.717, 1.165) is 12.0 Å². The van der Waals surface area contributed by atoms with Gasteiger partial charge < -0.3 is 4.74 Å². The van der Waals surface area contributed by atoms with Crippen molar-refractivity contribution in [2.45, 2.75) is 13.3 Å². The van der Waals surface area contributed by atoms with E-state index >= 15 is 0 Å². The summed E-state index contributed by atoms with van der Waals surface area (Å²) < 4.78 is 4.97. The van der Waals surface area contributed by atoms with Crippen molar-refractivity contribution < 1.29 is 4.74 Å². The quantitative estimate of drug-likeness (QED) is 0.540. The summed E-state index contributed by atoms with van der Waals surface area (Å²) >= 11 is 0. The zero-order valence-corrected chi connectivity index (χ0v) is 6.18. The predicted octanol–water partition coefficient (Wildman–Crippen LogP) is 1.49. The number of nitriles is 1. The molecule has 0 amide bonds. The first-order valence-electron chi connectivity index (χ1n) is 3.32. The Bertz CT molecular complexity index is 186. The highest BCUT2D eigenvalue weighted by atomic mass is 16.5. The number of hydrogen-bond donors (Lipinski definition) is 0. The van der Waals surface area contributed by atoms with Crippen molar-refractivity contribution in [3.63, 3.8) is 0 Å². The number of allylic oxidation sites excluding steroid dienone is 1. The average molecular weight is 137 g/mol. The molecule has 1 aliphatic rings. The maximum absolute atomic E-state index is 8.71. The molecule has 0 atom stereocenters. The molecule has 1 saturated heterocycles. The SMILES string of the molecule is C=C(C)CC1(C#N)COC1. The Morgan fingerprint density at radius 1 is 1.80 bits per heavy atom. The van der Waals surface area contributed by atoms with Gasteiger partial charge in [0.15, 0.2) is 0 Å². The first-order chi connectivity index (χ1) is 4.68. The van der Waals surface area contributed by atoms with Crippen LogP contribution in [0.15, 0.2) is 12.2 Å². The van der Waals surface area contributed by atoms with E-state index < -0.39 is 0 Å². The highest BCUT2D eigenvalue weighted by Crippen LogP contribution is 2.32. The minimum Gasteiger partial charge on any atom is -0.378 e. The molecule has 0 aromatic carbocycles. The molecule has 1 fully saturated rings. The van der Waals surface area contributed by atoms with Gasteiger partial charge in [0.1, 0.15) is 5.41 Å². The van der Waals surface area contributed by atoms with Crippen LogP contribution < -0.4 is 0 Å². The topological polar surface area (TPSA) is 33.0 Å². The summed E-state index contributed by atoms with van der Waals surface area (Å²) in [4.78, 5) is 0. The third-order valence-electron chi connectivity index (χ3n) is 1.63. The van der Waals surface area contributed by atoms with Crippen LogP contribution in [0.5, 0.6) is 0 Å². The molecule has 0 saturated carbocycles. The van der Waals surface area contributed by atoms with Crippen molar-refractivity contribution in [2.75, 3.05) is 13.2 Å². The Morgan fingerprint density at radius 2 is 2.40 bits per heavy atom. The van der Waals surface area contributed by atoms with Crippen molar-refractivity contribution in [1.29, 1.82) is 5.26 Å². The van der Waals surface area contributed by atoms with Gasteiger partial charge in [0, 0.05) is 0 Å². The van der Waals surface area contributed by atoms with Crippen LogP contribution in [-0.2, 0) is 4.74 Å². The van der Waals surface area contributed by atoms with Crippen LogP contribution in [0.2, 0.25) is 0 Å². The number of hydrogen-bond acceptors (Lipinski definition) is 2. The fourth-order valence-corrected chi connectivity index (χ4v) is 1.13. The van der Waals surface area contributed by atoms with Crippen LogP contribution in [0.1, 0.15) is 13.3 Å². The molecular formula is C8H11NO. The molecule has 2 heteroatoms. The summed E-state index contributed by atoms with van der Waals surface area (Å²) in [5, 5.41) is 8.71. The molecule has 0 radical (unpaired) electrons. The monoisotopic (exact) mass is 137 g/mol. The van der Waals surface area contributed by atoms with Crippen LogP contribution in [0.25, 0.3) is 0 Å². The Balaban J connectivity index is 2.51. The standard InChI is InChI=1S/C8H11NO/c1-7(2)3-8(4-9)5-10-6-8/h1,3,5-6H2,2H3. The van der Waals surface area contributed by atoms with Gasteiger partial charge in [0.05, 0.1) is 19.3 Å². The van der Waals surface area contributed by atoms with E-state index in [4.69, 9.17) is 10.00 Å². The lowest BCUT2D eigenvalue weighted by molar-refractivity contribution is -0.0763. The lowest BCUT2D eigenvalue weighted by Gasteiger charge is -2.35.